The summed E-state index contributed by atoms with van der Waals surface area (Å²) < 4.78 is 41.8. The van der Waals surface area contributed by atoms with Crippen LogP contribution in [0, 0.1) is 12.8 Å². The predicted octanol–water partition coefficient (Wildman–Crippen LogP) is 2.75. The molecule has 1 aromatic carbocycles. The molecule has 138 valence electrons. The van der Waals surface area contributed by atoms with Gasteiger partial charge in [0.25, 0.3) is 5.91 Å². The molecular weight excluding hydrogens is 351 g/mol. The molecule has 9 heteroatoms. The van der Waals surface area contributed by atoms with E-state index in [1.54, 1.807) is 25.1 Å². The number of carboxylic acids is 1. The Morgan fingerprint density at radius 2 is 1.96 bits per heavy atom. The summed E-state index contributed by atoms with van der Waals surface area (Å²) in [7, 11) is 0. The number of amides is 1. The Hall–Kier alpha value is -2.84. The third-order valence-electron chi connectivity index (χ3n) is 4.44. The Morgan fingerprint density at radius 1 is 1.27 bits per heavy atom. The number of carbonyl (C=O) groups is 2. The highest BCUT2D eigenvalue weighted by molar-refractivity contribution is 5.96. The molecule has 6 nitrogen and oxygen atoms in total. The Kier molecular flexibility index (Phi) is 4.47. The molecular formula is C17H16F3N3O3. The summed E-state index contributed by atoms with van der Waals surface area (Å²) >= 11 is 0. The highest BCUT2D eigenvalue weighted by Gasteiger charge is 2.42. The van der Waals surface area contributed by atoms with E-state index in [0.717, 1.165) is 11.1 Å². The lowest BCUT2D eigenvalue weighted by molar-refractivity contribution is -0.143. The molecule has 1 aliphatic rings. The zero-order valence-corrected chi connectivity index (χ0v) is 13.8. The third-order valence-corrected chi connectivity index (χ3v) is 4.44. The van der Waals surface area contributed by atoms with Gasteiger partial charge in [-0.05, 0) is 25.0 Å². The summed E-state index contributed by atoms with van der Waals surface area (Å²) in [6, 6.07) is 6.42. The van der Waals surface area contributed by atoms with E-state index in [2.05, 4.69) is 5.10 Å². The summed E-state index contributed by atoms with van der Waals surface area (Å²) in [4.78, 5) is 24.7. The van der Waals surface area contributed by atoms with Gasteiger partial charge in [0.1, 0.15) is 0 Å². The molecule has 1 fully saturated rings. The van der Waals surface area contributed by atoms with E-state index < -0.39 is 35.2 Å². The Balaban J connectivity index is 2.03. The maximum absolute atomic E-state index is 13.7. The lowest BCUT2D eigenvalue weighted by Crippen LogP contribution is -2.31. The number of carboxylic acid groups (broad SMARTS) is 1. The van der Waals surface area contributed by atoms with Gasteiger partial charge in [0.05, 0.1) is 23.4 Å². The number of benzene rings is 1. The lowest BCUT2D eigenvalue weighted by atomic mass is 10.1. The SMILES string of the molecule is Cc1ccccc1-n1ncc(C(=O)N2CCC(C(=O)O)C2)c1C(F)(F)F. The number of aryl methyl sites for hydroxylation is 1. The van der Waals surface area contributed by atoms with E-state index >= 15 is 0 Å². The first-order valence-corrected chi connectivity index (χ1v) is 7.93. The van der Waals surface area contributed by atoms with Gasteiger partial charge in [-0.25, -0.2) is 4.68 Å². The molecule has 1 aromatic heterocycles. The van der Waals surface area contributed by atoms with Crippen LogP contribution in [0.2, 0.25) is 0 Å². The smallest absolute Gasteiger partial charge is 0.434 e. The zero-order valence-electron chi connectivity index (χ0n) is 13.8. The molecule has 0 aliphatic carbocycles. The topological polar surface area (TPSA) is 75.4 Å². The van der Waals surface area contributed by atoms with E-state index in [0.29, 0.717) is 10.2 Å². The molecule has 1 unspecified atom stereocenters. The van der Waals surface area contributed by atoms with Crippen molar-refractivity contribution in [1.82, 2.24) is 14.7 Å². The summed E-state index contributed by atoms with van der Waals surface area (Å²) in [5.74, 6) is -2.69. The number of nitrogens with zero attached hydrogens (tertiary/aromatic N) is 3. The minimum Gasteiger partial charge on any atom is -0.481 e. The van der Waals surface area contributed by atoms with Crippen LogP contribution in [0.1, 0.15) is 28.0 Å². The van der Waals surface area contributed by atoms with Crippen molar-refractivity contribution >= 4 is 11.9 Å². The quantitative estimate of drug-likeness (QED) is 0.905. The summed E-state index contributed by atoms with van der Waals surface area (Å²) in [6.07, 6.45) is -3.68. The molecule has 0 spiro atoms. The third kappa shape index (κ3) is 3.16. The molecule has 1 atom stereocenters. The maximum Gasteiger partial charge on any atom is 0.434 e. The second kappa shape index (κ2) is 6.47. The Bertz CT molecular complexity index is 860. The number of hydrogen-bond donors (Lipinski definition) is 1. The van der Waals surface area contributed by atoms with Gasteiger partial charge >= 0.3 is 12.1 Å². The van der Waals surface area contributed by atoms with Crippen molar-refractivity contribution < 1.29 is 27.9 Å². The van der Waals surface area contributed by atoms with Gasteiger partial charge in [-0.15, -0.1) is 0 Å². The highest BCUT2D eigenvalue weighted by Crippen LogP contribution is 2.35. The molecule has 1 aliphatic heterocycles. The second-order valence-corrected chi connectivity index (χ2v) is 6.18. The number of carbonyl (C=O) groups excluding carboxylic acids is 1. The van der Waals surface area contributed by atoms with Crippen LogP contribution in [0.3, 0.4) is 0 Å². The standard InChI is InChI=1S/C17H16F3N3O3/c1-10-4-2-3-5-13(10)23-14(17(18,19)20)12(8-21-23)15(24)22-7-6-11(9-22)16(25)26/h2-5,8,11H,6-7,9H2,1H3,(H,25,26). The van der Waals surface area contributed by atoms with Crippen LogP contribution >= 0.6 is 0 Å². The maximum atomic E-state index is 13.7. The largest absolute Gasteiger partial charge is 0.481 e. The Labute approximate surface area is 146 Å². The molecule has 0 radical (unpaired) electrons. The summed E-state index contributed by atoms with van der Waals surface area (Å²) in [5.41, 5.74) is -0.932. The van der Waals surface area contributed by atoms with E-state index in [9.17, 15) is 22.8 Å². The predicted molar refractivity (Wildman–Crippen MR) is 84.9 cm³/mol. The molecule has 1 N–H and O–H groups in total. The van der Waals surface area contributed by atoms with Crippen LogP contribution in [-0.2, 0) is 11.0 Å². The number of likely N-dealkylation sites (tertiary alicyclic amines) is 1. The van der Waals surface area contributed by atoms with Gasteiger partial charge < -0.3 is 10.0 Å². The van der Waals surface area contributed by atoms with Crippen LogP contribution in [0.4, 0.5) is 13.2 Å². The number of rotatable bonds is 3. The molecule has 2 aromatic rings. The van der Waals surface area contributed by atoms with Crippen LogP contribution < -0.4 is 0 Å². The van der Waals surface area contributed by atoms with Crippen LogP contribution in [0.5, 0.6) is 0 Å². The van der Waals surface area contributed by atoms with Gasteiger partial charge in [-0.3, -0.25) is 9.59 Å². The van der Waals surface area contributed by atoms with Crippen molar-refractivity contribution in [3.8, 4) is 5.69 Å². The fourth-order valence-electron chi connectivity index (χ4n) is 3.08. The number of alkyl halides is 3. The average molecular weight is 367 g/mol. The first-order valence-electron chi connectivity index (χ1n) is 7.93. The van der Waals surface area contributed by atoms with Gasteiger partial charge in [0.2, 0.25) is 0 Å². The average Bonchev–Trinajstić information content (AvgIpc) is 3.21. The van der Waals surface area contributed by atoms with Gasteiger partial charge in [-0.1, -0.05) is 18.2 Å². The monoisotopic (exact) mass is 367 g/mol. The number of aliphatic carboxylic acids is 1. The zero-order chi connectivity index (χ0) is 19.1. The van der Waals surface area contributed by atoms with Crippen molar-refractivity contribution in [2.24, 2.45) is 5.92 Å². The van der Waals surface area contributed by atoms with E-state index in [1.165, 1.54) is 6.07 Å². The highest BCUT2D eigenvalue weighted by atomic mass is 19.4. The van der Waals surface area contributed by atoms with Crippen molar-refractivity contribution in [2.75, 3.05) is 13.1 Å². The molecule has 1 saturated heterocycles. The second-order valence-electron chi connectivity index (χ2n) is 6.18. The summed E-state index contributed by atoms with van der Waals surface area (Å²) in [6.45, 7) is 1.64. The van der Waals surface area contributed by atoms with Gasteiger partial charge in [0.15, 0.2) is 5.69 Å². The van der Waals surface area contributed by atoms with Crippen LogP contribution in [-0.4, -0.2) is 44.8 Å². The molecule has 0 bridgehead atoms. The van der Waals surface area contributed by atoms with Crippen molar-refractivity contribution in [3.05, 3.63) is 47.3 Å². The molecule has 3 rings (SSSR count). The van der Waals surface area contributed by atoms with E-state index in [4.69, 9.17) is 5.11 Å². The van der Waals surface area contributed by atoms with E-state index in [-0.39, 0.29) is 25.2 Å². The molecule has 0 saturated carbocycles. The van der Waals surface area contributed by atoms with Crippen molar-refractivity contribution in [2.45, 2.75) is 19.5 Å². The van der Waals surface area contributed by atoms with Gasteiger partial charge in [-0.2, -0.15) is 18.3 Å². The number of aromatic nitrogens is 2. The first-order chi connectivity index (χ1) is 12.2. The fraction of sp³-hybridized carbons (Fsp3) is 0.353. The molecule has 2 heterocycles. The molecule has 1 amide bonds. The number of hydrogen-bond acceptors (Lipinski definition) is 3. The number of para-hydroxylation sites is 1. The first kappa shape index (κ1) is 18.0. The minimum absolute atomic E-state index is 0.0998. The van der Waals surface area contributed by atoms with Crippen LogP contribution in [0.15, 0.2) is 30.5 Å². The Morgan fingerprint density at radius 3 is 2.54 bits per heavy atom. The fourth-order valence-corrected chi connectivity index (χ4v) is 3.08. The van der Waals surface area contributed by atoms with Gasteiger partial charge in [0, 0.05) is 13.1 Å². The lowest BCUT2D eigenvalue weighted by Gasteiger charge is -2.18. The number of halogens is 3. The van der Waals surface area contributed by atoms with Crippen molar-refractivity contribution in [1.29, 1.82) is 0 Å². The van der Waals surface area contributed by atoms with E-state index in [1.807, 2.05) is 0 Å². The van der Waals surface area contributed by atoms with Crippen molar-refractivity contribution in [3.63, 3.8) is 0 Å². The minimum atomic E-state index is -4.80. The van der Waals surface area contributed by atoms with Crippen LogP contribution in [0.25, 0.3) is 5.69 Å². The molecule has 26 heavy (non-hydrogen) atoms. The normalized spacial score (nSPS) is 17.5. The summed E-state index contributed by atoms with van der Waals surface area (Å²) in [5, 5.41) is 12.8.